The largest absolute Gasteiger partial charge is 0.416 e. The van der Waals surface area contributed by atoms with Gasteiger partial charge < -0.3 is 0 Å². The number of aromatic nitrogens is 2. The molecule has 7 heteroatoms. The first kappa shape index (κ1) is 16.5. The van der Waals surface area contributed by atoms with E-state index in [1.807, 2.05) is 35.7 Å². The molecule has 0 aliphatic carbocycles. The van der Waals surface area contributed by atoms with Crippen LogP contribution in [-0.2, 0) is 6.18 Å². The summed E-state index contributed by atoms with van der Waals surface area (Å²) < 4.78 is 40.3. The lowest BCUT2D eigenvalue weighted by Crippen LogP contribution is -2.18. The SMILES string of the molecule is O=c1c2scc(-c3ccccc3)c2ncn1-c1cccc(C(F)(F)F)c1. The monoisotopic (exact) mass is 372 g/mol. The normalized spacial score (nSPS) is 11.8. The van der Waals surface area contributed by atoms with Gasteiger partial charge in [0.15, 0.2) is 0 Å². The molecule has 2 heterocycles. The fraction of sp³-hybridized carbons (Fsp3) is 0.0526. The van der Waals surface area contributed by atoms with Gasteiger partial charge >= 0.3 is 6.18 Å². The number of thiophene rings is 1. The van der Waals surface area contributed by atoms with E-state index < -0.39 is 11.7 Å². The van der Waals surface area contributed by atoms with Gasteiger partial charge in [-0.2, -0.15) is 13.2 Å². The van der Waals surface area contributed by atoms with Gasteiger partial charge in [0, 0.05) is 10.9 Å². The smallest absolute Gasteiger partial charge is 0.267 e. The van der Waals surface area contributed by atoms with E-state index >= 15 is 0 Å². The molecule has 0 bridgehead atoms. The van der Waals surface area contributed by atoms with Gasteiger partial charge in [0.1, 0.15) is 11.0 Å². The summed E-state index contributed by atoms with van der Waals surface area (Å²) in [5.74, 6) is 0. The zero-order valence-corrected chi connectivity index (χ0v) is 14.0. The zero-order chi connectivity index (χ0) is 18.3. The minimum absolute atomic E-state index is 0.133. The Morgan fingerprint density at radius 3 is 2.50 bits per heavy atom. The number of hydrogen-bond donors (Lipinski definition) is 0. The van der Waals surface area contributed by atoms with Crippen LogP contribution in [0.5, 0.6) is 0 Å². The Morgan fingerprint density at radius 2 is 1.77 bits per heavy atom. The van der Waals surface area contributed by atoms with Crippen LogP contribution in [0.4, 0.5) is 13.2 Å². The number of fused-ring (bicyclic) bond motifs is 1. The van der Waals surface area contributed by atoms with E-state index in [0.717, 1.165) is 27.8 Å². The maximum atomic E-state index is 12.9. The van der Waals surface area contributed by atoms with E-state index in [1.165, 1.54) is 29.8 Å². The van der Waals surface area contributed by atoms with Crippen molar-refractivity contribution in [3.05, 3.63) is 82.2 Å². The molecule has 0 spiro atoms. The number of benzene rings is 2. The van der Waals surface area contributed by atoms with Crippen LogP contribution in [0.2, 0.25) is 0 Å². The number of rotatable bonds is 2. The van der Waals surface area contributed by atoms with Crippen molar-refractivity contribution < 1.29 is 13.2 Å². The van der Waals surface area contributed by atoms with Crippen molar-refractivity contribution in [1.82, 2.24) is 9.55 Å². The summed E-state index contributed by atoms with van der Waals surface area (Å²) in [6.45, 7) is 0. The van der Waals surface area contributed by atoms with Crippen LogP contribution < -0.4 is 5.56 Å². The van der Waals surface area contributed by atoms with Crippen molar-refractivity contribution in [2.45, 2.75) is 6.18 Å². The summed E-state index contributed by atoms with van der Waals surface area (Å²) in [6, 6.07) is 14.2. The summed E-state index contributed by atoms with van der Waals surface area (Å²) in [5.41, 5.74) is 1.25. The van der Waals surface area contributed by atoms with Crippen LogP contribution in [0, 0.1) is 0 Å². The molecular formula is C19H11F3N2OS. The van der Waals surface area contributed by atoms with Crippen LogP contribution in [0.3, 0.4) is 0 Å². The van der Waals surface area contributed by atoms with Gasteiger partial charge in [0.2, 0.25) is 0 Å². The molecule has 26 heavy (non-hydrogen) atoms. The van der Waals surface area contributed by atoms with E-state index in [4.69, 9.17) is 0 Å². The number of hydrogen-bond acceptors (Lipinski definition) is 3. The Hall–Kier alpha value is -2.93. The lowest BCUT2D eigenvalue weighted by molar-refractivity contribution is -0.137. The Kier molecular flexibility index (Phi) is 3.88. The van der Waals surface area contributed by atoms with Crippen LogP contribution >= 0.6 is 11.3 Å². The summed E-state index contributed by atoms with van der Waals surface area (Å²) in [4.78, 5) is 17.1. The highest BCUT2D eigenvalue weighted by Crippen LogP contribution is 2.32. The van der Waals surface area contributed by atoms with Crippen LogP contribution in [0.25, 0.3) is 27.0 Å². The van der Waals surface area contributed by atoms with E-state index in [2.05, 4.69) is 4.98 Å². The van der Waals surface area contributed by atoms with Crippen molar-refractivity contribution in [3.63, 3.8) is 0 Å². The number of nitrogens with zero attached hydrogens (tertiary/aromatic N) is 2. The van der Waals surface area contributed by atoms with Gasteiger partial charge in [-0.3, -0.25) is 9.36 Å². The maximum Gasteiger partial charge on any atom is 0.416 e. The first-order chi connectivity index (χ1) is 12.4. The van der Waals surface area contributed by atoms with Crippen molar-refractivity contribution >= 4 is 21.6 Å². The standard InChI is InChI=1S/C19H11F3N2OS/c20-19(21,22)13-7-4-8-14(9-13)24-11-23-16-15(10-26-17(16)18(24)25)12-5-2-1-3-6-12/h1-11H. The molecule has 0 saturated carbocycles. The molecule has 130 valence electrons. The summed E-state index contributed by atoms with van der Waals surface area (Å²) >= 11 is 1.24. The van der Waals surface area contributed by atoms with Crippen molar-refractivity contribution in [2.75, 3.05) is 0 Å². The van der Waals surface area contributed by atoms with Crippen molar-refractivity contribution in [2.24, 2.45) is 0 Å². The Morgan fingerprint density at radius 1 is 1.00 bits per heavy atom. The quantitative estimate of drug-likeness (QED) is 0.489. The molecule has 2 aromatic heterocycles. The lowest BCUT2D eigenvalue weighted by Gasteiger charge is -2.10. The highest BCUT2D eigenvalue weighted by molar-refractivity contribution is 7.17. The van der Waals surface area contributed by atoms with Crippen LogP contribution in [0.15, 0.2) is 71.1 Å². The molecule has 0 atom stereocenters. The summed E-state index contributed by atoms with van der Waals surface area (Å²) in [7, 11) is 0. The average Bonchev–Trinajstić information content (AvgIpc) is 3.07. The lowest BCUT2D eigenvalue weighted by atomic mass is 10.1. The Bertz CT molecular complexity index is 1150. The second-order valence-corrected chi connectivity index (χ2v) is 6.54. The minimum Gasteiger partial charge on any atom is -0.267 e. The highest BCUT2D eigenvalue weighted by Gasteiger charge is 2.30. The number of halogens is 3. The molecule has 3 nitrogen and oxygen atoms in total. The second-order valence-electron chi connectivity index (χ2n) is 5.66. The van der Waals surface area contributed by atoms with Gasteiger partial charge in [-0.25, -0.2) is 4.98 Å². The molecule has 0 fully saturated rings. The molecular weight excluding hydrogens is 361 g/mol. The third-order valence-electron chi connectivity index (χ3n) is 4.02. The van der Waals surface area contributed by atoms with E-state index in [9.17, 15) is 18.0 Å². The van der Waals surface area contributed by atoms with Crippen LogP contribution in [0.1, 0.15) is 5.56 Å². The second kappa shape index (κ2) is 6.10. The van der Waals surface area contributed by atoms with Crippen LogP contribution in [-0.4, -0.2) is 9.55 Å². The fourth-order valence-electron chi connectivity index (χ4n) is 2.75. The summed E-state index contributed by atoms with van der Waals surface area (Å²) in [6.07, 6.45) is -3.19. The maximum absolute atomic E-state index is 12.9. The summed E-state index contributed by atoms with van der Waals surface area (Å²) in [5, 5.41) is 1.84. The first-order valence-corrected chi connectivity index (χ1v) is 8.55. The Labute approximate surface area is 150 Å². The fourth-order valence-corrected chi connectivity index (χ4v) is 3.70. The van der Waals surface area contributed by atoms with E-state index in [1.54, 1.807) is 0 Å². The topological polar surface area (TPSA) is 34.9 Å². The molecule has 0 saturated heterocycles. The highest BCUT2D eigenvalue weighted by atomic mass is 32.1. The third kappa shape index (κ3) is 2.80. The third-order valence-corrected chi connectivity index (χ3v) is 4.97. The molecule has 0 amide bonds. The van der Waals surface area contributed by atoms with Crippen molar-refractivity contribution in [1.29, 1.82) is 0 Å². The molecule has 0 aliphatic rings. The number of alkyl halides is 3. The van der Waals surface area contributed by atoms with Crippen molar-refractivity contribution in [3.8, 4) is 16.8 Å². The minimum atomic E-state index is -4.47. The van der Waals surface area contributed by atoms with Gasteiger partial charge in [0.25, 0.3) is 5.56 Å². The van der Waals surface area contributed by atoms with Gasteiger partial charge in [-0.15, -0.1) is 11.3 Å². The predicted molar refractivity (Wildman–Crippen MR) is 95.7 cm³/mol. The molecule has 4 rings (SSSR count). The van der Waals surface area contributed by atoms with Gasteiger partial charge in [-0.05, 0) is 23.8 Å². The zero-order valence-electron chi connectivity index (χ0n) is 13.2. The Balaban J connectivity index is 1.87. The van der Waals surface area contributed by atoms with Gasteiger partial charge in [0.05, 0.1) is 16.8 Å². The van der Waals surface area contributed by atoms with E-state index in [-0.39, 0.29) is 11.2 Å². The molecule has 0 unspecified atom stereocenters. The molecule has 0 aliphatic heterocycles. The molecule has 4 aromatic rings. The van der Waals surface area contributed by atoms with E-state index in [0.29, 0.717) is 10.2 Å². The molecule has 0 radical (unpaired) electrons. The molecule has 0 N–H and O–H groups in total. The van der Waals surface area contributed by atoms with Gasteiger partial charge in [-0.1, -0.05) is 36.4 Å². The average molecular weight is 372 g/mol. The predicted octanol–water partition coefficient (Wildman–Crippen LogP) is 5.13. The first-order valence-electron chi connectivity index (χ1n) is 7.67. The molecule has 2 aromatic carbocycles.